The van der Waals surface area contributed by atoms with Crippen molar-refractivity contribution in [3.8, 4) is 0 Å². The molecule has 0 radical (unpaired) electrons. The van der Waals surface area contributed by atoms with Gasteiger partial charge in [0.15, 0.2) is 0 Å². The third-order valence-corrected chi connectivity index (χ3v) is 3.04. The molecule has 1 amide bonds. The van der Waals surface area contributed by atoms with E-state index in [2.05, 4.69) is 16.7 Å². The third kappa shape index (κ3) is 3.40. The standard InChI is InChI=1S/C14H18N2O2/c1-10(17)4-6-15-7-5-11-2-3-13-12(8-11)9-14(18)16-13/h2-3,8,15H,4-7,9H2,1H3,(H,16,18). The second kappa shape index (κ2) is 5.78. The minimum absolute atomic E-state index is 0.0710. The summed E-state index contributed by atoms with van der Waals surface area (Å²) in [6.45, 7) is 3.19. The lowest BCUT2D eigenvalue weighted by atomic mass is 10.1. The topological polar surface area (TPSA) is 58.2 Å². The summed E-state index contributed by atoms with van der Waals surface area (Å²) in [6.07, 6.45) is 1.99. The lowest BCUT2D eigenvalue weighted by molar-refractivity contribution is -0.117. The summed E-state index contributed by atoms with van der Waals surface area (Å²) in [5, 5.41) is 6.06. The van der Waals surface area contributed by atoms with Gasteiger partial charge in [-0.2, -0.15) is 0 Å². The van der Waals surface area contributed by atoms with Crippen LogP contribution in [-0.2, 0) is 22.4 Å². The number of anilines is 1. The number of ketones is 1. The Morgan fingerprint density at radius 3 is 3.00 bits per heavy atom. The predicted octanol–water partition coefficient (Wildman–Crippen LogP) is 1.29. The Morgan fingerprint density at radius 2 is 2.22 bits per heavy atom. The zero-order valence-electron chi connectivity index (χ0n) is 10.6. The fourth-order valence-electron chi connectivity index (χ4n) is 2.06. The smallest absolute Gasteiger partial charge is 0.228 e. The van der Waals surface area contributed by atoms with E-state index in [-0.39, 0.29) is 11.7 Å². The van der Waals surface area contributed by atoms with Crippen molar-refractivity contribution in [2.45, 2.75) is 26.2 Å². The Labute approximate surface area is 107 Å². The molecule has 0 unspecified atom stereocenters. The highest BCUT2D eigenvalue weighted by Crippen LogP contribution is 2.23. The van der Waals surface area contributed by atoms with Gasteiger partial charge in [-0.3, -0.25) is 9.59 Å². The van der Waals surface area contributed by atoms with E-state index in [1.54, 1.807) is 6.92 Å². The molecule has 0 spiro atoms. The quantitative estimate of drug-likeness (QED) is 0.744. The van der Waals surface area contributed by atoms with Gasteiger partial charge in [-0.05, 0) is 37.1 Å². The van der Waals surface area contributed by atoms with E-state index in [0.717, 1.165) is 30.8 Å². The van der Waals surface area contributed by atoms with Gasteiger partial charge in [-0.15, -0.1) is 0 Å². The summed E-state index contributed by atoms with van der Waals surface area (Å²) >= 11 is 0. The minimum atomic E-state index is 0.0710. The molecule has 1 aliphatic heterocycles. The van der Waals surface area contributed by atoms with Crippen LogP contribution in [0.4, 0.5) is 5.69 Å². The Hall–Kier alpha value is -1.68. The first kappa shape index (κ1) is 12.8. The maximum atomic E-state index is 11.2. The highest BCUT2D eigenvalue weighted by atomic mass is 16.1. The number of nitrogens with one attached hydrogen (secondary N) is 2. The molecular weight excluding hydrogens is 228 g/mol. The maximum Gasteiger partial charge on any atom is 0.228 e. The molecule has 1 aromatic carbocycles. The Bertz CT molecular complexity index is 469. The van der Waals surface area contributed by atoms with Gasteiger partial charge in [-0.25, -0.2) is 0 Å². The number of hydrogen-bond acceptors (Lipinski definition) is 3. The highest BCUT2D eigenvalue weighted by Gasteiger charge is 2.16. The highest BCUT2D eigenvalue weighted by molar-refractivity contribution is 5.99. The van der Waals surface area contributed by atoms with E-state index < -0.39 is 0 Å². The summed E-state index contributed by atoms with van der Waals surface area (Å²) in [5.74, 6) is 0.284. The van der Waals surface area contributed by atoms with Gasteiger partial charge in [-0.1, -0.05) is 12.1 Å². The van der Waals surface area contributed by atoms with Gasteiger partial charge in [0.05, 0.1) is 6.42 Å². The van der Waals surface area contributed by atoms with Gasteiger partial charge in [0.25, 0.3) is 0 Å². The van der Waals surface area contributed by atoms with Gasteiger partial charge in [0, 0.05) is 18.7 Å². The SMILES string of the molecule is CC(=O)CCNCCc1ccc2c(c1)CC(=O)N2. The maximum absolute atomic E-state index is 11.2. The number of fused-ring (bicyclic) bond motifs is 1. The van der Waals surface area contributed by atoms with Crippen molar-refractivity contribution in [2.24, 2.45) is 0 Å². The molecule has 1 aliphatic rings. The van der Waals surface area contributed by atoms with Crippen LogP contribution in [0.2, 0.25) is 0 Å². The van der Waals surface area contributed by atoms with Gasteiger partial charge in [0.2, 0.25) is 5.91 Å². The molecule has 18 heavy (non-hydrogen) atoms. The molecular formula is C14H18N2O2. The Balaban J connectivity index is 1.79. The number of carbonyl (C=O) groups excluding carboxylic acids is 2. The van der Waals surface area contributed by atoms with Crippen LogP contribution in [0, 0.1) is 0 Å². The zero-order chi connectivity index (χ0) is 13.0. The summed E-state index contributed by atoms with van der Waals surface area (Å²) in [5.41, 5.74) is 3.25. The lowest BCUT2D eigenvalue weighted by Crippen LogP contribution is -2.20. The summed E-state index contributed by atoms with van der Waals surface area (Å²) in [4.78, 5) is 22.0. The normalized spacial score (nSPS) is 13.3. The van der Waals surface area contributed by atoms with Crippen molar-refractivity contribution >= 4 is 17.4 Å². The van der Waals surface area contributed by atoms with Gasteiger partial charge >= 0.3 is 0 Å². The van der Waals surface area contributed by atoms with Crippen LogP contribution in [0.5, 0.6) is 0 Å². The monoisotopic (exact) mass is 246 g/mol. The average Bonchev–Trinajstić information content (AvgIpc) is 2.67. The third-order valence-electron chi connectivity index (χ3n) is 3.04. The second-order valence-electron chi connectivity index (χ2n) is 4.67. The number of hydrogen-bond donors (Lipinski definition) is 2. The summed E-state index contributed by atoms with van der Waals surface area (Å²) in [6, 6.07) is 6.09. The largest absolute Gasteiger partial charge is 0.326 e. The lowest BCUT2D eigenvalue weighted by Gasteiger charge is -2.05. The van der Waals surface area contributed by atoms with Crippen LogP contribution in [0.1, 0.15) is 24.5 Å². The number of amides is 1. The number of rotatable bonds is 6. The average molecular weight is 246 g/mol. The van der Waals surface area contributed by atoms with E-state index in [9.17, 15) is 9.59 Å². The first-order valence-corrected chi connectivity index (χ1v) is 6.27. The molecule has 0 atom stereocenters. The van der Waals surface area contributed by atoms with E-state index in [0.29, 0.717) is 12.8 Å². The summed E-state index contributed by atoms with van der Waals surface area (Å²) < 4.78 is 0. The molecule has 2 rings (SSSR count). The minimum Gasteiger partial charge on any atom is -0.326 e. The first-order valence-electron chi connectivity index (χ1n) is 6.27. The number of benzene rings is 1. The van der Waals surface area contributed by atoms with Crippen LogP contribution in [0.25, 0.3) is 0 Å². The molecule has 4 nitrogen and oxygen atoms in total. The van der Waals surface area contributed by atoms with Crippen molar-refractivity contribution in [1.82, 2.24) is 5.32 Å². The molecule has 0 saturated carbocycles. The van der Waals surface area contributed by atoms with Crippen molar-refractivity contribution in [3.63, 3.8) is 0 Å². The van der Waals surface area contributed by atoms with Crippen LogP contribution < -0.4 is 10.6 Å². The predicted molar refractivity (Wildman–Crippen MR) is 70.6 cm³/mol. The molecule has 0 fully saturated rings. The zero-order valence-corrected chi connectivity index (χ0v) is 10.6. The molecule has 1 aromatic rings. The fraction of sp³-hybridized carbons (Fsp3) is 0.429. The molecule has 1 heterocycles. The van der Waals surface area contributed by atoms with Crippen molar-refractivity contribution in [3.05, 3.63) is 29.3 Å². The molecule has 0 saturated heterocycles. The second-order valence-corrected chi connectivity index (χ2v) is 4.67. The van der Waals surface area contributed by atoms with E-state index in [1.807, 2.05) is 12.1 Å². The van der Waals surface area contributed by atoms with Crippen LogP contribution >= 0.6 is 0 Å². The van der Waals surface area contributed by atoms with Crippen LogP contribution in [0.3, 0.4) is 0 Å². The Kier molecular flexibility index (Phi) is 4.10. The molecule has 4 heteroatoms. The van der Waals surface area contributed by atoms with Gasteiger partial charge in [0.1, 0.15) is 5.78 Å². The van der Waals surface area contributed by atoms with Crippen molar-refractivity contribution in [1.29, 1.82) is 0 Å². The van der Waals surface area contributed by atoms with Crippen LogP contribution in [0.15, 0.2) is 18.2 Å². The van der Waals surface area contributed by atoms with Crippen LogP contribution in [-0.4, -0.2) is 24.8 Å². The molecule has 0 aromatic heterocycles. The first-order chi connectivity index (χ1) is 8.65. The van der Waals surface area contributed by atoms with E-state index in [4.69, 9.17) is 0 Å². The van der Waals surface area contributed by atoms with Crippen molar-refractivity contribution in [2.75, 3.05) is 18.4 Å². The van der Waals surface area contributed by atoms with Crippen molar-refractivity contribution < 1.29 is 9.59 Å². The van der Waals surface area contributed by atoms with E-state index in [1.165, 1.54) is 5.56 Å². The molecule has 0 bridgehead atoms. The molecule has 2 N–H and O–H groups in total. The number of carbonyl (C=O) groups is 2. The summed E-state index contributed by atoms with van der Waals surface area (Å²) in [7, 11) is 0. The van der Waals surface area contributed by atoms with Gasteiger partial charge < -0.3 is 10.6 Å². The van der Waals surface area contributed by atoms with E-state index >= 15 is 0 Å². The Morgan fingerprint density at radius 1 is 1.39 bits per heavy atom. The molecule has 0 aliphatic carbocycles. The molecule has 96 valence electrons. The fourth-order valence-corrected chi connectivity index (χ4v) is 2.06. The number of Topliss-reactive ketones (excluding diaryl/α,β-unsaturated/α-hetero) is 1.